The Morgan fingerprint density at radius 1 is 0.957 bits per heavy atom. The topological polar surface area (TPSA) is 38.3 Å². The van der Waals surface area contributed by atoms with Crippen molar-refractivity contribution in [3.8, 4) is 5.75 Å². The van der Waals surface area contributed by atoms with Crippen molar-refractivity contribution in [1.29, 1.82) is 0 Å². The van der Waals surface area contributed by atoms with Crippen LogP contribution >= 0.6 is 0 Å². The molecular formula is C20H25NO2. The quantitative estimate of drug-likeness (QED) is 0.896. The van der Waals surface area contributed by atoms with Crippen molar-refractivity contribution in [2.75, 3.05) is 0 Å². The molecule has 1 N–H and O–H groups in total. The maximum absolute atomic E-state index is 12.3. The molecule has 0 saturated carbocycles. The van der Waals surface area contributed by atoms with Crippen LogP contribution in [0.2, 0.25) is 0 Å². The maximum atomic E-state index is 12.3. The highest BCUT2D eigenvalue weighted by Gasteiger charge is 2.18. The zero-order valence-corrected chi connectivity index (χ0v) is 14.5. The SMILES string of the molecule is Cc1ccc([C@H](C)NC(=O)[C@H](C)Oc2ccc(C)cc2C)cc1. The highest BCUT2D eigenvalue weighted by Crippen LogP contribution is 2.20. The third-order valence-corrected chi connectivity index (χ3v) is 3.94. The van der Waals surface area contributed by atoms with Gasteiger partial charge in [-0.05, 0) is 51.8 Å². The summed E-state index contributed by atoms with van der Waals surface area (Å²) >= 11 is 0. The first-order chi connectivity index (χ1) is 10.9. The summed E-state index contributed by atoms with van der Waals surface area (Å²) in [6, 6.07) is 14.1. The van der Waals surface area contributed by atoms with Crippen LogP contribution in [-0.2, 0) is 4.79 Å². The van der Waals surface area contributed by atoms with Crippen LogP contribution in [0.4, 0.5) is 0 Å². The van der Waals surface area contributed by atoms with E-state index in [1.807, 2.05) is 64.1 Å². The Kier molecular flexibility index (Phi) is 5.43. The molecule has 0 aliphatic carbocycles. The summed E-state index contributed by atoms with van der Waals surface area (Å²) in [4.78, 5) is 12.3. The first-order valence-corrected chi connectivity index (χ1v) is 7.97. The molecule has 0 fully saturated rings. The molecule has 3 heteroatoms. The van der Waals surface area contributed by atoms with E-state index in [4.69, 9.17) is 4.74 Å². The lowest BCUT2D eigenvalue weighted by Gasteiger charge is -2.20. The average molecular weight is 311 g/mol. The molecule has 2 aromatic rings. The minimum absolute atomic E-state index is 0.0479. The Labute approximate surface area is 138 Å². The Hall–Kier alpha value is -2.29. The number of nitrogens with one attached hydrogen (secondary N) is 1. The number of carbonyl (C=O) groups excluding carboxylic acids is 1. The molecule has 2 atom stereocenters. The molecule has 0 saturated heterocycles. The second-order valence-corrected chi connectivity index (χ2v) is 6.17. The number of carbonyl (C=O) groups is 1. The Morgan fingerprint density at radius 3 is 2.17 bits per heavy atom. The Balaban J connectivity index is 1.98. The molecular weight excluding hydrogens is 286 g/mol. The van der Waals surface area contributed by atoms with Crippen molar-refractivity contribution in [2.24, 2.45) is 0 Å². The lowest BCUT2D eigenvalue weighted by Crippen LogP contribution is -2.37. The second-order valence-electron chi connectivity index (χ2n) is 6.17. The van der Waals surface area contributed by atoms with E-state index in [0.717, 1.165) is 16.9 Å². The molecule has 0 aromatic heterocycles. The normalized spacial score (nSPS) is 13.3. The minimum atomic E-state index is -0.538. The molecule has 3 nitrogen and oxygen atoms in total. The highest BCUT2D eigenvalue weighted by molar-refractivity contribution is 5.81. The predicted octanol–water partition coefficient (Wildman–Crippen LogP) is 4.26. The largest absolute Gasteiger partial charge is 0.481 e. The molecule has 0 aliphatic heterocycles. The van der Waals surface area contributed by atoms with Crippen molar-refractivity contribution in [3.63, 3.8) is 0 Å². The lowest BCUT2D eigenvalue weighted by atomic mass is 10.1. The summed E-state index contributed by atoms with van der Waals surface area (Å²) < 4.78 is 5.81. The third kappa shape index (κ3) is 4.59. The number of benzene rings is 2. The smallest absolute Gasteiger partial charge is 0.261 e. The fraction of sp³-hybridized carbons (Fsp3) is 0.350. The van der Waals surface area contributed by atoms with Gasteiger partial charge in [-0.25, -0.2) is 0 Å². The van der Waals surface area contributed by atoms with E-state index in [-0.39, 0.29) is 11.9 Å². The Morgan fingerprint density at radius 2 is 1.57 bits per heavy atom. The van der Waals surface area contributed by atoms with Gasteiger partial charge in [0.15, 0.2) is 6.10 Å². The number of rotatable bonds is 5. The van der Waals surface area contributed by atoms with Crippen LogP contribution in [-0.4, -0.2) is 12.0 Å². The highest BCUT2D eigenvalue weighted by atomic mass is 16.5. The van der Waals surface area contributed by atoms with Crippen molar-refractivity contribution in [2.45, 2.75) is 46.8 Å². The van der Waals surface area contributed by atoms with E-state index in [0.29, 0.717) is 0 Å². The van der Waals surface area contributed by atoms with Crippen molar-refractivity contribution in [3.05, 3.63) is 64.7 Å². The van der Waals surface area contributed by atoms with Crippen molar-refractivity contribution in [1.82, 2.24) is 5.32 Å². The number of aryl methyl sites for hydroxylation is 3. The molecule has 0 heterocycles. The fourth-order valence-corrected chi connectivity index (χ4v) is 2.44. The van der Waals surface area contributed by atoms with E-state index in [1.54, 1.807) is 6.92 Å². The summed E-state index contributed by atoms with van der Waals surface area (Å²) in [5, 5.41) is 3.00. The molecule has 2 rings (SSSR count). The molecule has 2 aromatic carbocycles. The van der Waals surface area contributed by atoms with Crippen molar-refractivity contribution < 1.29 is 9.53 Å². The number of ether oxygens (including phenoxy) is 1. The standard InChI is InChI=1S/C20H25NO2/c1-13-6-9-18(10-7-13)16(4)21-20(22)17(5)23-19-11-8-14(2)12-15(19)3/h6-12,16-17H,1-5H3,(H,21,22)/t16-,17-/m0/s1. The molecule has 1 amide bonds. The van der Waals surface area contributed by atoms with Gasteiger partial charge in [-0.2, -0.15) is 0 Å². The van der Waals surface area contributed by atoms with Gasteiger partial charge in [0.05, 0.1) is 6.04 Å². The summed E-state index contributed by atoms with van der Waals surface area (Å²) in [6.45, 7) is 9.83. The van der Waals surface area contributed by atoms with E-state index in [1.165, 1.54) is 11.1 Å². The van der Waals surface area contributed by atoms with Gasteiger partial charge in [-0.15, -0.1) is 0 Å². The predicted molar refractivity (Wildman–Crippen MR) is 93.7 cm³/mol. The minimum Gasteiger partial charge on any atom is -0.481 e. The van der Waals surface area contributed by atoms with Gasteiger partial charge >= 0.3 is 0 Å². The summed E-state index contributed by atoms with van der Waals surface area (Å²) in [7, 11) is 0. The zero-order chi connectivity index (χ0) is 17.0. The van der Waals surface area contributed by atoms with E-state index >= 15 is 0 Å². The van der Waals surface area contributed by atoms with E-state index in [2.05, 4.69) is 11.4 Å². The maximum Gasteiger partial charge on any atom is 0.261 e. The summed E-state index contributed by atoms with van der Waals surface area (Å²) in [6.07, 6.45) is -0.538. The van der Waals surface area contributed by atoms with Crippen LogP contribution in [0.15, 0.2) is 42.5 Å². The van der Waals surface area contributed by atoms with Gasteiger partial charge < -0.3 is 10.1 Å². The van der Waals surface area contributed by atoms with Crippen molar-refractivity contribution >= 4 is 5.91 Å². The van der Waals surface area contributed by atoms with Gasteiger partial charge in [-0.3, -0.25) is 4.79 Å². The first-order valence-electron chi connectivity index (χ1n) is 7.97. The van der Waals surface area contributed by atoms with Gasteiger partial charge in [0.1, 0.15) is 5.75 Å². The summed E-state index contributed by atoms with van der Waals surface area (Å²) in [5.41, 5.74) is 4.51. The molecule has 23 heavy (non-hydrogen) atoms. The van der Waals surface area contributed by atoms with Crippen LogP contribution in [0.25, 0.3) is 0 Å². The number of hydrogen-bond acceptors (Lipinski definition) is 2. The van der Waals surface area contributed by atoms with Gasteiger partial charge in [0, 0.05) is 0 Å². The number of amides is 1. The molecule has 122 valence electrons. The average Bonchev–Trinajstić information content (AvgIpc) is 2.50. The Bertz CT molecular complexity index is 677. The van der Waals surface area contributed by atoms with E-state index < -0.39 is 6.10 Å². The number of hydrogen-bond donors (Lipinski definition) is 1. The van der Waals surface area contributed by atoms with Crippen LogP contribution in [0.3, 0.4) is 0 Å². The fourth-order valence-electron chi connectivity index (χ4n) is 2.44. The van der Waals surface area contributed by atoms with Crippen LogP contribution < -0.4 is 10.1 Å². The van der Waals surface area contributed by atoms with Gasteiger partial charge in [0.2, 0.25) is 0 Å². The monoisotopic (exact) mass is 311 g/mol. The van der Waals surface area contributed by atoms with Crippen LogP contribution in [0.1, 0.15) is 42.1 Å². The van der Waals surface area contributed by atoms with Gasteiger partial charge in [-0.1, -0.05) is 47.5 Å². The van der Waals surface area contributed by atoms with E-state index in [9.17, 15) is 4.79 Å². The third-order valence-electron chi connectivity index (χ3n) is 3.94. The molecule has 0 radical (unpaired) electrons. The van der Waals surface area contributed by atoms with Gasteiger partial charge in [0.25, 0.3) is 5.91 Å². The lowest BCUT2D eigenvalue weighted by molar-refractivity contribution is -0.127. The van der Waals surface area contributed by atoms with Crippen LogP contribution in [0, 0.1) is 20.8 Å². The van der Waals surface area contributed by atoms with Crippen LogP contribution in [0.5, 0.6) is 5.75 Å². The summed E-state index contributed by atoms with van der Waals surface area (Å²) in [5.74, 6) is 0.638. The second kappa shape index (κ2) is 7.32. The molecule has 0 bridgehead atoms. The molecule has 0 spiro atoms. The first kappa shape index (κ1) is 17.1. The molecule has 0 aliphatic rings. The zero-order valence-electron chi connectivity index (χ0n) is 14.5. The molecule has 0 unspecified atom stereocenters.